The van der Waals surface area contributed by atoms with Crippen LogP contribution in [0.5, 0.6) is 0 Å². The van der Waals surface area contributed by atoms with Crippen LogP contribution < -0.4 is 5.32 Å². The topological polar surface area (TPSA) is 197 Å². The summed E-state index contributed by atoms with van der Waals surface area (Å²) < 4.78 is 31.2. The number of ketones is 2. The van der Waals surface area contributed by atoms with E-state index in [4.69, 9.17) is 28.5 Å². The summed E-state index contributed by atoms with van der Waals surface area (Å²) in [7, 11) is 3.71. The van der Waals surface area contributed by atoms with Gasteiger partial charge in [0.15, 0.2) is 17.7 Å². The number of fused-ring (bicyclic) bond motifs is 1. The maximum Gasteiger partial charge on any atom is 0.408 e. The Morgan fingerprint density at radius 3 is 2.44 bits per heavy atom. The van der Waals surface area contributed by atoms with Gasteiger partial charge in [-0.15, -0.1) is 0 Å². The third-order valence-electron chi connectivity index (χ3n) is 12.0. The number of alkyl carbamates (subject to hydrolysis) is 1. The molecule has 5 heterocycles. The van der Waals surface area contributed by atoms with E-state index in [1.54, 1.807) is 60.1 Å². The number of aliphatic hydroxyl groups is 1. The molecule has 1 aromatic heterocycles. The number of nitrogens with zero attached hydrogens (tertiary/aromatic N) is 4. The molecular formula is C41H59N5O11. The molecular weight excluding hydrogens is 738 g/mol. The molecule has 4 aliphatic rings. The first-order valence-corrected chi connectivity index (χ1v) is 19.9. The van der Waals surface area contributed by atoms with Gasteiger partial charge in [-0.3, -0.25) is 24.4 Å². The summed E-state index contributed by atoms with van der Waals surface area (Å²) in [6.07, 6.45) is 0.741. The van der Waals surface area contributed by atoms with Gasteiger partial charge in [0.25, 0.3) is 0 Å². The first-order chi connectivity index (χ1) is 26.9. The third kappa shape index (κ3) is 9.66. The number of amides is 1. The molecule has 1 aromatic rings. The van der Waals surface area contributed by atoms with Crippen molar-refractivity contribution in [2.45, 2.75) is 148 Å². The fraction of sp³-hybridized carbons (Fsp3) is 0.732. The molecule has 3 saturated heterocycles. The maximum atomic E-state index is 14.4. The minimum absolute atomic E-state index is 0.0466. The Morgan fingerprint density at radius 2 is 1.77 bits per heavy atom. The zero-order chi connectivity index (χ0) is 41.8. The number of oxime groups is 1. The van der Waals surface area contributed by atoms with Crippen molar-refractivity contribution in [3.8, 4) is 11.8 Å². The molecule has 0 saturated carbocycles. The van der Waals surface area contributed by atoms with Gasteiger partial charge in [-0.2, -0.15) is 0 Å². The molecule has 16 heteroatoms. The van der Waals surface area contributed by atoms with E-state index in [0.717, 1.165) is 0 Å². The van der Waals surface area contributed by atoms with E-state index in [9.17, 15) is 24.3 Å². The normalized spacial score (nSPS) is 39.1. The molecule has 4 aliphatic heterocycles. The molecule has 0 aliphatic carbocycles. The Kier molecular flexibility index (Phi) is 14.1. The highest BCUT2D eigenvalue weighted by molar-refractivity contribution is 6.00. The molecule has 3 fully saturated rings. The second-order valence-corrected chi connectivity index (χ2v) is 16.6. The number of cyclic esters (lactones) is 1. The van der Waals surface area contributed by atoms with Gasteiger partial charge in [0, 0.05) is 49.0 Å². The highest BCUT2D eigenvalue weighted by atomic mass is 16.7. The van der Waals surface area contributed by atoms with Crippen molar-refractivity contribution in [1.82, 2.24) is 20.2 Å². The molecule has 16 nitrogen and oxygen atoms in total. The quantitative estimate of drug-likeness (QED) is 0.221. The SMILES string of the molecule is CC[C@H]1OC(=O)[C@H](C)C(=O)[C@H](C)[C@@H](O[C@@H]2O[C@H](C)C[C@H](N(C)C)[C@H]2O)[C@](C)(OCC#CC[C@H]2CC(c3cnccn3)=NO2)C[C@@H](C)C(=O)[C@H](C)[C@H]2NC(=O)O[C@@]21C. The van der Waals surface area contributed by atoms with Crippen molar-refractivity contribution < 1.29 is 52.8 Å². The van der Waals surface area contributed by atoms with Crippen molar-refractivity contribution in [3.63, 3.8) is 0 Å². The number of hydrogen-bond donors (Lipinski definition) is 2. The fourth-order valence-electron chi connectivity index (χ4n) is 8.70. The molecule has 14 atom stereocenters. The number of nitrogens with one attached hydrogen (secondary N) is 1. The standard InChI is InChI=1S/C41H59N5O11/c1-11-31-41(8)35(44-39(51)56-41)24(4)32(47)22(2)20-40(7,52-17-13-12-14-27-19-28(45-57-27)29-21-42-15-16-43-29)36(25(5)33(48)26(6)37(50)54-31)55-38-34(49)30(46(9)10)18-23(3)53-38/h15-16,21-27,30-31,34-36,38,49H,11,14,17-20H2,1-10H3,(H,44,51)/t22-,23-,24+,25+,26-,27+,30+,31-,34-,35-,36-,38+,40-,41-/m1/s1. The summed E-state index contributed by atoms with van der Waals surface area (Å²) >= 11 is 0. The number of aromatic nitrogens is 2. The van der Waals surface area contributed by atoms with Crippen LogP contribution in [0.3, 0.4) is 0 Å². The Morgan fingerprint density at radius 1 is 1.04 bits per heavy atom. The van der Waals surface area contributed by atoms with Crippen LogP contribution in [0.15, 0.2) is 23.7 Å². The lowest BCUT2D eigenvalue weighted by Gasteiger charge is -2.47. The monoisotopic (exact) mass is 797 g/mol. The van der Waals surface area contributed by atoms with Crippen molar-refractivity contribution in [3.05, 3.63) is 24.3 Å². The molecule has 5 rings (SSSR count). The van der Waals surface area contributed by atoms with Crippen LogP contribution in [0.2, 0.25) is 0 Å². The Labute approximate surface area is 335 Å². The molecule has 1 amide bonds. The summed E-state index contributed by atoms with van der Waals surface area (Å²) in [5.74, 6) is 0.846. The van der Waals surface area contributed by atoms with Gasteiger partial charge in [-0.1, -0.05) is 44.7 Å². The predicted molar refractivity (Wildman–Crippen MR) is 205 cm³/mol. The van der Waals surface area contributed by atoms with Crippen molar-refractivity contribution in [1.29, 1.82) is 0 Å². The number of ether oxygens (including phenoxy) is 5. The van der Waals surface area contributed by atoms with Gasteiger partial charge in [-0.05, 0) is 61.1 Å². The summed E-state index contributed by atoms with van der Waals surface area (Å²) in [6, 6.07) is -1.17. The second kappa shape index (κ2) is 18.3. The lowest BCUT2D eigenvalue weighted by atomic mass is 9.73. The molecule has 57 heavy (non-hydrogen) atoms. The number of aliphatic hydroxyl groups excluding tert-OH is 1. The van der Waals surface area contributed by atoms with Gasteiger partial charge in [0.05, 0.1) is 30.0 Å². The molecule has 0 spiro atoms. The van der Waals surface area contributed by atoms with E-state index in [-0.39, 0.29) is 43.5 Å². The van der Waals surface area contributed by atoms with Gasteiger partial charge < -0.3 is 43.8 Å². The van der Waals surface area contributed by atoms with Crippen LogP contribution in [0.1, 0.15) is 93.2 Å². The Bertz CT molecular complexity index is 1720. The molecule has 0 aromatic carbocycles. The van der Waals surface area contributed by atoms with E-state index >= 15 is 0 Å². The van der Waals surface area contributed by atoms with E-state index in [2.05, 4.69) is 32.3 Å². The zero-order valence-corrected chi connectivity index (χ0v) is 34.7. The van der Waals surface area contributed by atoms with Crippen molar-refractivity contribution in [2.24, 2.45) is 28.8 Å². The number of rotatable bonds is 8. The van der Waals surface area contributed by atoms with Crippen LogP contribution in [0, 0.1) is 35.5 Å². The lowest BCUT2D eigenvalue weighted by Crippen LogP contribution is -2.60. The average molecular weight is 798 g/mol. The number of likely N-dealkylation sites (N-methyl/N-ethyl adjacent to an activating group) is 1. The maximum absolute atomic E-state index is 14.4. The Hall–Kier alpha value is -4.01. The van der Waals surface area contributed by atoms with Gasteiger partial charge in [0.1, 0.15) is 48.0 Å². The number of esters is 1. The molecule has 0 bridgehead atoms. The van der Waals surface area contributed by atoms with Crippen molar-refractivity contribution >= 4 is 29.3 Å². The summed E-state index contributed by atoms with van der Waals surface area (Å²) in [5, 5.41) is 18.5. The van der Waals surface area contributed by atoms with Crippen LogP contribution >= 0.6 is 0 Å². The van der Waals surface area contributed by atoms with Crippen LogP contribution in [-0.4, -0.2) is 130 Å². The molecule has 0 radical (unpaired) electrons. The van der Waals surface area contributed by atoms with Crippen LogP contribution in [-0.2, 0) is 42.9 Å². The van der Waals surface area contributed by atoms with E-state index < -0.39 is 83.4 Å². The largest absolute Gasteiger partial charge is 0.458 e. The highest BCUT2D eigenvalue weighted by Crippen LogP contribution is 2.40. The van der Waals surface area contributed by atoms with Gasteiger partial charge in [-0.25, -0.2) is 4.79 Å². The zero-order valence-electron chi connectivity index (χ0n) is 34.7. The number of carbonyl (C=O) groups excluding carboxylic acids is 4. The van der Waals surface area contributed by atoms with E-state index in [1.165, 1.54) is 6.92 Å². The fourth-order valence-corrected chi connectivity index (χ4v) is 8.70. The first kappa shape index (κ1) is 44.1. The summed E-state index contributed by atoms with van der Waals surface area (Å²) in [5.41, 5.74) is -1.51. The smallest absolute Gasteiger partial charge is 0.408 e. The first-order valence-electron chi connectivity index (χ1n) is 19.9. The van der Waals surface area contributed by atoms with Gasteiger partial charge >= 0.3 is 12.1 Å². The van der Waals surface area contributed by atoms with Gasteiger partial charge in [0.2, 0.25) is 0 Å². The average Bonchev–Trinajstić information content (AvgIpc) is 3.78. The molecule has 2 N–H and O–H groups in total. The minimum atomic E-state index is -1.42. The van der Waals surface area contributed by atoms with Crippen LogP contribution in [0.4, 0.5) is 4.79 Å². The number of Topliss-reactive ketones (excluding diaryl/α,β-unsaturated/α-hetero) is 2. The lowest BCUT2D eigenvalue weighted by molar-refractivity contribution is -0.296. The Balaban J connectivity index is 1.48. The number of hydrogen-bond acceptors (Lipinski definition) is 15. The van der Waals surface area contributed by atoms with E-state index in [1.807, 2.05) is 25.9 Å². The van der Waals surface area contributed by atoms with E-state index in [0.29, 0.717) is 30.7 Å². The summed E-state index contributed by atoms with van der Waals surface area (Å²) in [6.45, 7) is 13.5. The third-order valence-corrected chi connectivity index (χ3v) is 12.0. The number of carbonyl (C=O) groups is 4. The highest BCUT2D eigenvalue weighted by Gasteiger charge is 2.57. The van der Waals surface area contributed by atoms with Crippen LogP contribution in [0.25, 0.3) is 0 Å². The molecule has 0 unspecified atom stereocenters. The van der Waals surface area contributed by atoms with Crippen molar-refractivity contribution in [2.75, 3.05) is 20.7 Å². The summed E-state index contributed by atoms with van der Waals surface area (Å²) in [4.78, 5) is 71.2. The predicted octanol–water partition coefficient (Wildman–Crippen LogP) is 3.22. The minimum Gasteiger partial charge on any atom is -0.458 e. The molecule has 314 valence electrons. The second-order valence-electron chi connectivity index (χ2n) is 16.6.